The van der Waals surface area contributed by atoms with Crippen molar-refractivity contribution in [2.75, 3.05) is 17.2 Å². The zero-order chi connectivity index (χ0) is 25.4. The van der Waals surface area contributed by atoms with E-state index in [0.717, 1.165) is 15.6 Å². The summed E-state index contributed by atoms with van der Waals surface area (Å²) in [7, 11) is 0. The summed E-state index contributed by atoms with van der Waals surface area (Å²) in [5.41, 5.74) is 3.04. The summed E-state index contributed by atoms with van der Waals surface area (Å²) in [4.78, 5) is 36.2. The van der Waals surface area contributed by atoms with Gasteiger partial charge in [-0.15, -0.1) is 0 Å². The number of ether oxygens (including phenoxy) is 2. The van der Waals surface area contributed by atoms with Crippen LogP contribution in [0.3, 0.4) is 0 Å². The summed E-state index contributed by atoms with van der Waals surface area (Å²) in [6.45, 7) is 3.35. The molecule has 0 aromatic heterocycles. The van der Waals surface area contributed by atoms with Crippen LogP contribution in [0.15, 0.2) is 65.1 Å². The van der Waals surface area contributed by atoms with Gasteiger partial charge in [-0.05, 0) is 73.5 Å². The van der Waals surface area contributed by atoms with Crippen molar-refractivity contribution in [3.8, 4) is 11.5 Å². The number of hydrogen-bond acceptors (Lipinski definition) is 5. The Balaban J connectivity index is 1.39. The Hall–Kier alpha value is -3.36. The number of carbonyl (C=O) groups excluding carboxylic acids is 3. The zero-order valence-corrected chi connectivity index (χ0v) is 21.5. The molecule has 182 valence electrons. The van der Waals surface area contributed by atoms with Crippen molar-refractivity contribution < 1.29 is 23.9 Å². The molecule has 0 bridgehead atoms. The second-order valence-electron chi connectivity index (χ2n) is 7.73. The van der Waals surface area contributed by atoms with E-state index in [1.165, 1.54) is 0 Å². The zero-order valence-electron chi connectivity index (χ0n) is 19.2. The van der Waals surface area contributed by atoms with Crippen molar-refractivity contribution in [3.05, 3.63) is 81.3 Å². The molecule has 0 unspecified atom stereocenters. The van der Waals surface area contributed by atoms with Crippen LogP contribution in [0.2, 0.25) is 5.02 Å². The first-order chi connectivity index (χ1) is 16.7. The number of anilines is 2. The van der Waals surface area contributed by atoms with E-state index in [1.54, 1.807) is 36.4 Å². The topological polar surface area (TPSA) is 93.7 Å². The normalized spacial score (nSPS) is 10.4. The molecule has 0 aliphatic carbocycles. The summed E-state index contributed by atoms with van der Waals surface area (Å²) >= 11 is 9.52. The molecular weight excluding hydrogens is 536 g/mol. The first-order valence-corrected chi connectivity index (χ1v) is 11.9. The van der Waals surface area contributed by atoms with E-state index < -0.39 is 18.5 Å². The molecule has 0 aliphatic rings. The third-order valence-electron chi connectivity index (χ3n) is 4.90. The number of rotatable bonds is 9. The van der Waals surface area contributed by atoms with Gasteiger partial charge >= 0.3 is 5.97 Å². The Morgan fingerprint density at radius 3 is 2.31 bits per heavy atom. The highest BCUT2D eigenvalue weighted by Gasteiger charge is 2.12. The average Bonchev–Trinajstić information content (AvgIpc) is 2.82. The Bertz CT molecular complexity index is 1230. The van der Waals surface area contributed by atoms with Gasteiger partial charge in [0.2, 0.25) is 5.91 Å². The highest BCUT2D eigenvalue weighted by atomic mass is 79.9. The van der Waals surface area contributed by atoms with Gasteiger partial charge in [0, 0.05) is 22.3 Å². The second kappa shape index (κ2) is 12.4. The first kappa shape index (κ1) is 26.2. The van der Waals surface area contributed by atoms with Crippen LogP contribution in [-0.4, -0.2) is 24.4 Å². The molecule has 7 nitrogen and oxygen atoms in total. The minimum absolute atomic E-state index is 0.0800. The molecular formula is C26H24BrClN2O5. The fourth-order valence-corrected chi connectivity index (χ4v) is 3.65. The Morgan fingerprint density at radius 1 is 0.886 bits per heavy atom. The summed E-state index contributed by atoms with van der Waals surface area (Å²) < 4.78 is 11.6. The number of halogens is 2. The SMILES string of the molecule is Cc1cc(NC(=O)COC(=O)CCC(=O)Nc2ccc(Oc3ccccc3Cl)cc2)c(C)cc1Br. The number of benzene rings is 3. The number of aryl methyl sites for hydroxylation is 2. The highest BCUT2D eigenvalue weighted by molar-refractivity contribution is 9.10. The van der Waals surface area contributed by atoms with Gasteiger partial charge in [0.1, 0.15) is 11.5 Å². The molecule has 35 heavy (non-hydrogen) atoms. The predicted molar refractivity (Wildman–Crippen MR) is 139 cm³/mol. The standard InChI is InChI=1S/C26H24BrClN2O5/c1-16-14-22(17(2)13-20(16)27)30-25(32)15-34-26(33)12-11-24(31)29-18-7-9-19(10-8-18)35-23-6-4-3-5-21(23)28/h3-10,13-14H,11-12,15H2,1-2H3,(H,29,31)(H,30,32). The van der Waals surface area contributed by atoms with Crippen molar-refractivity contribution in [3.63, 3.8) is 0 Å². The van der Waals surface area contributed by atoms with Gasteiger partial charge in [-0.25, -0.2) is 0 Å². The van der Waals surface area contributed by atoms with E-state index in [4.69, 9.17) is 21.1 Å². The van der Waals surface area contributed by atoms with Crippen LogP contribution < -0.4 is 15.4 Å². The molecule has 0 radical (unpaired) electrons. The van der Waals surface area contributed by atoms with Gasteiger partial charge in [-0.3, -0.25) is 14.4 Å². The highest BCUT2D eigenvalue weighted by Crippen LogP contribution is 2.29. The molecule has 0 saturated heterocycles. The Kier molecular flexibility index (Phi) is 9.28. The molecule has 2 amide bonds. The second-order valence-corrected chi connectivity index (χ2v) is 8.99. The third-order valence-corrected chi connectivity index (χ3v) is 6.07. The van der Waals surface area contributed by atoms with E-state index >= 15 is 0 Å². The smallest absolute Gasteiger partial charge is 0.306 e. The van der Waals surface area contributed by atoms with Gasteiger partial charge < -0.3 is 20.1 Å². The summed E-state index contributed by atoms with van der Waals surface area (Å²) in [5, 5.41) is 5.92. The lowest BCUT2D eigenvalue weighted by atomic mass is 10.1. The Labute approximate surface area is 216 Å². The molecule has 0 saturated carbocycles. The lowest BCUT2D eigenvalue weighted by Crippen LogP contribution is -2.22. The first-order valence-electron chi connectivity index (χ1n) is 10.8. The van der Waals surface area contributed by atoms with Gasteiger partial charge in [0.25, 0.3) is 5.91 Å². The molecule has 2 N–H and O–H groups in total. The monoisotopic (exact) mass is 558 g/mol. The lowest BCUT2D eigenvalue weighted by molar-refractivity contribution is -0.147. The fraction of sp³-hybridized carbons (Fsp3) is 0.192. The van der Waals surface area contributed by atoms with E-state index in [-0.39, 0.29) is 18.7 Å². The molecule has 0 aliphatic heterocycles. The van der Waals surface area contributed by atoms with Crippen molar-refractivity contribution >= 4 is 56.7 Å². The quantitative estimate of drug-likeness (QED) is 0.295. The maximum Gasteiger partial charge on any atom is 0.306 e. The van der Waals surface area contributed by atoms with Gasteiger partial charge in [0.05, 0.1) is 11.4 Å². The molecule has 3 aromatic rings. The van der Waals surface area contributed by atoms with Crippen LogP contribution in [0.4, 0.5) is 11.4 Å². The van der Waals surface area contributed by atoms with Crippen LogP contribution >= 0.6 is 27.5 Å². The summed E-state index contributed by atoms with van der Waals surface area (Å²) in [5.74, 6) is -0.354. The molecule has 0 fully saturated rings. The fourth-order valence-electron chi connectivity index (χ4n) is 3.02. The number of esters is 1. The van der Waals surface area contributed by atoms with Crippen LogP contribution in [0.1, 0.15) is 24.0 Å². The van der Waals surface area contributed by atoms with E-state index in [2.05, 4.69) is 26.6 Å². The van der Waals surface area contributed by atoms with Gasteiger partial charge in [-0.2, -0.15) is 0 Å². The molecule has 0 heterocycles. The number of carbonyl (C=O) groups is 3. The minimum Gasteiger partial charge on any atom is -0.456 e. The predicted octanol–water partition coefficient (Wildman–Crippen LogP) is 6.41. The van der Waals surface area contributed by atoms with E-state index in [1.807, 2.05) is 38.1 Å². The molecule has 0 atom stereocenters. The molecule has 3 rings (SSSR count). The van der Waals surface area contributed by atoms with Crippen molar-refractivity contribution in [1.82, 2.24) is 0 Å². The minimum atomic E-state index is -0.637. The maximum absolute atomic E-state index is 12.2. The van der Waals surface area contributed by atoms with Crippen LogP contribution in [0.5, 0.6) is 11.5 Å². The van der Waals surface area contributed by atoms with Crippen molar-refractivity contribution in [1.29, 1.82) is 0 Å². The molecule has 0 spiro atoms. The largest absolute Gasteiger partial charge is 0.456 e. The van der Waals surface area contributed by atoms with E-state index in [0.29, 0.717) is 27.9 Å². The van der Waals surface area contributed by atoms with Gasteiger partial charge in [-0.1, -0.05) is 39.7 Å². The number of amides is 2. The summed E-state index contributed by atoms with van der Waals surface area (Å²) in [6, 6.07) is 17.6. The Morgan fingerprint density at radius 2 is 1.60 bits per heavy atom. The van der Waals surface area contributed by atoms with Gasteiger partial charge in [0.15, 0.2) is 6.61 Å². The molecule has 3 aromatic carbocycles. The number of nitrogens with one attached hydrogen (secondary N) is 2. The average molecular weight is 560 g/mol. The maximum atomic E-state index is 12.2. The molecule has 9 heteroatoms. The van der Waals surface area contributed by atoms with E-state index in [9.17, 15) is 14.4 Å². The van der Waals surface area contributed by atoms with Crippen LogP contribution in [-0.2, 0) is 19.1 Å². The van der Waals surface area contributed by atoms with Crippen LogP contribution in [0, 0.1) is 13.8 Å². The van der Waals surface area contributed by atoms with Crippen molar-refractivity contribution in [2.24, 2.45) is 0 Å². The third kappa shape index (κ3) is 8.12. The van der Waals surface area contributed by atoms with Crippen molar-refractivity contribution in [2.45, 2.75) is 26.7 Å². The summed E-state index contributed by atoms with van der Waals surface area (Å²) in [6.07, 6.45) is -0.230. The lowest BCUT2D eigenvalue weighted by Gasteiger charge is -2.11. The number of hydrogen-bond donors (Lipinski definition) is 2. The van der Waals surface area contributed by atoms with Crippen LogP contribution in [0.25, 0.3) is 0 Å². The number of para-hydroxylation sites is 1.